The lowest BCUT2D eigenvalue weighted by Crippen LogP contribution is -2.15. The zero-order valence-electron chi connectivity index (χ0n) is 15.7. The lowest BCUT2D eigenvalue weighted by Gasteiger charge is -2.22. The van der Waals surface area contributed by atoms with Crippen molar-refractivity contribution in [3.63, 3.8) is 0 Å². The van der Waals surface area contributed by atoms with E-state index in [9.17, 15) is 0 Å². The summed E-state index contributed by atoms with van der Waals surface area (Å²) >= 11 is 0. The standard InChI is InChI=1S/C21H41NO/c1-2-3-4-5-6-7-8-9-10-11-12-13-14-16-20-17-15-18-21(19-20)22-23/h20,23H,2-19H2,1H3. The minimum atomic E-state index is 0.794. The molecular formula is C21H41NO. The Morgan fingerprint density at radius 2 is 1.35 bits per heavy atom. The molecular weight excluding hydrogens is 282 g/mol. The van der Waals surface area contributed by atoms with Crippen LogP contribution in [0.2, 0.25) is 0 Å². The summed E-state index contributed by atoms with van der Waals surface area (Å²) in [7, 11) is 0. The van der Waals surface area contributed by atoms with Crippen LogP contribution in [0.5, 0.6) is 0 Å². The SMILES string of the molecule is CCCCCCCCCCCCCCCC1CCCC(=NO)C1. The maximum atomic E-state index is 8.88. The molecule has 0 saturated heterocycles. The molecule has 0 heterocycles. The van der Waals surface area contributed by atoms with E-state index >= 15 is 0 Å². The molecule has 0 bridgehead atoms. The molecule has 0 aromatic rings. The minimum absolute atomic E-state index is 0.794. The van der Waals surface area contributed by atoms with Crippen molar-refractivity contribution < 1.29 is 5.21 Å². The molecule has 0 aromatic carbocycles. The zero-order valence-corrected chi connectivity index (χ0v) is 15.7. The number of hydrogen-bond acceptors (Lipinski definition) is 2. The van der Waals surface area contributed by atoms with Crippen molar-refractivity contribution in [1.82, 2.24) is 0 Å². The van der Waals surface area contributed by atoms with E-state index in [-0.39, 0.29) is 0 Å². The Balaban J connectivity index is 1.78. The van der Waals surface area contributed by atoms with Gasteiger partial charge in [-0.3, -0.25) is 0 Å². The summed E-state index contributed by atoms with van der Waals surface area (Å²) < 4.78 is 0. The highest BCUT2D eigenvalue weighted by molar-refractivity contribution is 5.84. The van der Waals surface area contributed by atoms with Crippen LogP contribution in [0, 0.1) is 5.92 Å². The van der Waals surface area contributed by atoms with Crippen LogP contribution in [0.3, 0.4) is 0 Å². The third-order valence-electron chi connectivity index (χ3n) is 5.46. The monoisotopic (exact) mass is 323 g/mol. The van der Waals surface area contributed by atoms with Crippen molar-refractivity contribution >= 4 is 5.71 Å². The Hall–Kier alpha value is -0.530. The zero-order chi connectivity index (χ0) is 16.6. The second-order valence-corrected chi connectivity index (χ2v) is 7.66. The average Bonchev–Trinajstić information content (AvgIpc) is 2.59. The molecule has 1 fully saturated rings. The largest absolute Gasteiger partial charge is 0.411 e. The summed E-state index contributed by atoms with van der Waals surface area (Å²) in [5.41, 5.74) is 1.04. The second-order valence-electron chi connectivity index (χ2n) is 7.66. The van der Waals surface area contributed by atoms with Gasteiger partial charge in [0.15, 0.2) is 0 Å². The van der Waals surface area contributed by atoms with Gasteiger partial charge in [0.05, 0.1) is 5.71 Å². The molecule has 1 aliphatic rings. The highest BCUT2D eigenvalue weighted by Gasteiger charge is 2.17. The fourth-order valence-electron chi connectivity index (χ4n) is 3.92. The van der Waals surface area contributed by atoms with Gasteiger partial charge in [0.25, 0.3) is 0 Å². The average molecular weight is 324 g/mol. The number of oxime groups is 1. The number of unbranched alkanes of at least 4 members (excludes halogenated alkanes) is 12. The molecule has 23 heavy (non-hydrogen) atoms. The van der Waals surface area contributed by atoms with Gasteiger partial charge in [-0.05, 0) is 31.6 Å². The maximum Gasteiger partial charge on any atom is 0.0573 e. The molecule has 1 rings (SSSR count). The van der Waals surface area contributed by atoms with E-state index in [4.69, 9.17) is 5.21 Å². The summed E-state index contributed by atoms with van der Waals surface area (Å²) in [6.45, 7) is 2.29. The van der Waals surface area contributed by atoms with Crippen LogP contribution >= 0.6 is 0 Å². The Bertz CT molecular complexity index is 288. The first kappa shape index (κ1) is 20.5. The van der Waals surface area contributed by atoms with Gasteiger partial charge < -0.3 is 5.21 Å². The maximum absolute atomic E-state index is 8.88. The lowest BCUT2D eigenvalue weighted by atomic mass is 9.84. The van der Waals surface area contributed by atoms with Crippen LogP contribution in [0.4, 0.5) is 0 Å². The summed E-state index contributed by atoms with van der Waals surface area (Å²) in [5, 5.41) is 12.3. The Kier molecular flexibility index (Phi) is 13.4. The summed E-state index contributed by atoms with van der Waals surface area (Å²) in [5.74, 6) is 0.794. The third-order valence-corrected chi connectivity index (χ3v) is 5.46. The Morgan fingerprint density at radius 3 is 1.87 bits per heavy atom. The van der Waals surface area contributed by atoms with Gasteiger partial charge in [0.2, 0.25) is 0 Å². The highest BCUT2D eigenvalue weighted by Crippen LogP contribution is 2.27. The predicted molar refractivity (Wildman–Crippen MR) is 101 cm³/mol. The normalized spacial score (nSPS) is 20.2. The molecule has 0 amide bonds. The van der Waals surface area contributed by atoms with E-state index in [1.165, 1.54) is 103 Å². The fraction of sp³-hybridized carbons (Fsp3) is 0.952. The predicted octanol–water partition coefficient (Wildman–Crippen LogP) is 7.49. The summed E-state index contributed by atoms with van der Waals surface area (Å²) in [6.07, 6.45) is 24.6. The van der Waals surface area contributed by atoms with Gasteiger partial charge in [0, 0.05) is 0 Å². The minimum Gasteiger partial charge on any atom is -0.411 e. The van der Waals surface area contributed by atoms with Crippen molar-refractivity contribution in [2.24, 2.45) is 11.1 Å². The smallest absolute Gasteiger partial charge is 0.0573 e. The number of hydrogen-bond donors (Lipinski definition) is 1. The fourth-order valence-corrected chi connectivity index (χ4v) is 3.92. The molecule has 2 heteroatoms. The Morgan fingerprint density at radius 1 is 0.826 bits per heavy atom. The van der Waals surface area contributed by atoms with Crippen LogP contribution in [-0.4, -0.2) is 10.9 Å². The van der Waals surface area contributed by atoms with Crippen molar-refractivity contribution in [2.45, 2.75) is 122 Å². The molecule has 1 saturated carbocycles. The van der Waals surface area contributed by atoms with E-state index in [0.717, 1.165) is 24.5 Å². The molecule has 2 nitrogen and oxygen atoms in total. The molecule has 136 valence electrons. The molecule has 1 atom stereocenters. The Labute approximate surface area is 145 Å². The third kappa shape index (κ3) is 11.6. The summed E-state index contributed by atoms with van der Waals surface area (Å²) in [6, 6.07) is 0. The molecule has 0 aromatic heterocycles. The van der Waals surface area contributed by atoms with Crippen molar-refractivity contribution in [3.05, 3.63) is 0 Å². The van der Waals surface area contributed by atoms with Crippen LogP contribution in [0.1, 0.15) is 122 Å². The molecule has 1 N–H and O–H groups in total. The van der Waals surface area contributed by atoms with Crippen LogP contribution in [-0.2, 0) is 0 Å². The van der Waals surface area contributed by atoms with Crippen LogP contribution in [0.25, 0.3) is 0 Å². The van der Waals surface area contributed by atoms with Gasteiger partial charge in [-0.1, -0.05) is 102 Å². The molecule has 1 aliphatic carbocycles. The van der Waals surface area contributed by atoms with E-state index in [1.807, 2.05) is 0 Å². The van der Waals surface area contributed by atoms with Crippen molar-refractivity contribution in [3.8, 4) is 0 Å². The van der Waals surface area contributed by atoms with Gasteiger partial charge in [-0.2, -0.15) is 0 Å². The van der Waals surface area contributed by atoms with Crippen molar-refractivity contribution in [2.75, 3.05) is 0 Å². The summed E-state index contributed by atoms with van der Waals surface area (Å²) in [4.78, 5) is 0. The van der Waals surface area contributed by atoms with Gasteiger partial charge in [-0.25, -0.2) is 0 Å². The van der Waals surface area contributed by atoms with E-state index in [1.54, 1.807) is 0 Å². The van der Waals surface area contributed by atoms with Crippen molar-refractivity contribution in [1.29, 1.82) is 0 Å². The van der Waals surface area contributed by atoms with Crippen LogP contribution in [0.15, 0.2) is 5.16 Å². The van der Waals surface area contributed by atoms with E-state index < -0.39 is 0 Å². The number of rotatable bonds is 14. The first-order valence-corrected chi connectivity index (χ1v) is 10.6. The molecule has 1 unspecified atom stereocenters. The first-order valence-electron chi connectivity index (χ1n) is 10.6. The van der Waals surface area contributed by atoms with E-state index in [0.29, 0.717) is 0 Å². The quantitative estimate of drug-likeness (QED) is 0.200. The number of nitrogens with zero attached hydrogens (tertiary/aromatic N) is 1. The van der Waals surface area contributed by atoms with E-state index in [2.05, 4.69) is 12.1 Å². The highest BCUT2D eigenvalue weighted by atomic mass is 16.4. The molecule has 0 radical (unpaired) electrons. The molecule has 0 aliphatic heterocycles. The second kappa shape index (κ2) is 15.0. The first-order chi connectivity index (χ1) is 11.4. The molecule has 0 spiro atoms. The van der Waals surface area contributed by atoms with Gasteiger partial charge in [0.1, 0.15) is 0 Å². The van der Waals surface area contributed by atoms with Crippen LogP contribution < -0.4 is 0 Å². The van der Waals surface area contributed by atoms with Gasteiger partial charge in [-0.15, -0.1) is 0 Å². The van der Waals surface area contributed by atoms with Gasteiger partial charge >= 0.3 is 0 Å². The topological polar surface area (TPSA) is 32.6 Å². The lowest BCUT2D eigenvalue weighted by molar-refractivity contribution is 0.307.